The van der Waals surface area contributed by atoms with E-state index in [9.17, 15) is 14.4 Å². The van der Waals surface area contributed by atoms with Gasteiger partial charge in [-0.2, -0.15) is 0 Å². The maximum atomic E-state index is 11.8. The van der Waals surface area contributed by atoms with Gasteiger partial charge < -0.3 is 15.4 Å². The van der Waals surface area contributed by atoms with Crippen molar-refractivity contribution in [1.82, 2.24) is 0 Å². The lowest BCUT2D eigenvalue weighted by Gasteiger charge is -2.08. The second kappa shape index (κ2) is 10.7. The number of halogens is 2. The summed E-state index contributed by atoms with van der Waals surface area (Å²) in [6.45, 7) is -0.400. The quantitative estimate of drug-likeness (QED) is 0.581. The molecule has 0 unspecified atom stereocenters. The molecular formula is C19H18BrClN2O4. The van der Waals surface area contributed by atoms with Gasteiger partial charge in [-0.15, -0.1) is 0 Å². The molecule has 0 aromatic heterocycles. The van der Waals surface area contributed by atoms with Crippen molar-refractivity contribution in [2.75, 3.05) is 17.2 Å². The van der Waals surface area contributed by atoms with Crippen LogP contribution in [0.15, 0.2) is 53.0 Å². The smallest absolute Gasteiger partial charge is 0.306 e. The summed E-state index contributed by atoms with van der Waals surface area (Å²) in [5.74, 6) is -1.19. The first-order chi connectivity index (χ1) is 12.9. The van der Waals surface area contributed by atoms with Crippen molar-refractivity contribution in [3.05, 3.63) is 58.0 Å². The molecule has 2 amide bonds. The molecule has 0 atom stereocenters. The topological polar surface area (TPSA) is 84.5 Å². The van der Waals surface area contributed by atoms with Crippen LogP contribution < -0.4 is 10.6 Å². The van der Waals surface area contributed by atoms with E-state index >= 15 is 0 Å². The maximum Gasteiger partial charge on any atom is 0.306 e. The lowest BCUT2D eigenvalue weighted by Crippen LogP contribution is -2.21. The minimum absolute atomic E-state index is 0.0552. The molecular weight excluding hydrogens is 436 g/mol. The van der Waals surface area contributed by atoms with Crippen LogP contribution >= 0.6 is 27.5 Å². The molecule has 2 aromatic carbocycles. The zero-order valence-corrected chi connectivity index (χ0v) is 16.7. The molecule has 0 aliphatic heterocycles. The maximum absolute atomic E-state index is 11.8. The highest BCUT2D eigenvalue weighted by Gasteiger charge is 2.10. The van der Waals surface area contributed by atoms with Gasteiger partial charge in [0.05, 0.1) is 5.02 Å². The standard InChI is InChI=1S/C19H18BrClN2O4/c20-15-10-9-14(11-16(15)21)23-18(25)12-27-19(26)8-4-7-17(24)22-13-5-2-1-3-6-13/h1-3,5-6,9-11H,4,7-8,12H2,(H,22,24)(H,23,25). The Morgan fingerprint density at radius 3 is 2.33 bits per heavy atom. The summed E-state index contributed by atoms with van der Waals surface area (Å²) in [6, 6.07) is 14.0. The van der Waals surface area contributed by atoms with Gasteiger partial charge >= 0.3 is 5.97 Å². The summed E-state index contributed by atoms with van der Waals surface area (Å²) in [5, 5.41) is 5.77. The zero-order valence-electron chi connectivity index (χ0n) is 14.3. The van der Waals surface area contributed by atoms with Crippen molar-refractivity contribution in [3.8, 4) is 0 Å². The Hall–Kier alpha value is -2.38. The van der Waals surface area contributed by atoms with Crippen molar-refractivity contribution < 1.29 is 19.1 Å². The fraction of sp³-hybridized carbons (Fsp3) is 0.211. The molecule has 0 bridgehead atoms. The van der Waals surface area contributed by atoms with Crippen molar-refractivity contribution in [2.24, 2.45) is 0 Å². The van der Waals surface area contributed by atoms with Crippen LogP contribution in [0, 0.1) is 0 Å². The van der Waals surface area contributed by atoms with E-state index in [1.54, 1.807) is 30.3 Å². The molecule has 142 valence electrons. The van der Waals surface area contributed by atoms with Crippen LogP contribution in [0.1, 0.15) is 19.3 Å². The summed E-state index contributed by atoms with van der Waals surface area (Å²) >= 11 is 9.20. The second-order valence-electron chi connectivity index (χ2n) is 5.61. The second-order valence-corrected chi connectivity index (χ2v) is 6.87. The highest BCUT2D eigenvalue weighted by Crippen LogP contribution is 2.25. The first-order valence-electron chi connectivity index (χ1n) is 8.19. The molecule has 2 rings (SSSR count). The predicted octanol–water partition coefficient (Wildman–Crippen LogP) is 4.39. The third-order valence-electron chi connectivity index (χ3n) is 3.41. The first-order valence-corrected chi connectivity index (χ1v) is 9.36. The number of benzene rings is 2. The van der Waals surface area contributed by atoms with Crippen molar-refractivity contribution in [3.63, 3.8) is 0 Å². The van der Waals surface area contributed by atoms with Crippen LogP contribution in [0.4, 0.5) is 11.4 Å². The summed E-state index contributed by atoms with van der Waals surface area (Å²) in [4.78, 5) is 35.2. The van der Waals surface area contributed by atoms with E-state index in [0.29, 0.717) is 27.3 Å². The largest absolute Gasteiger partial charge is 0.456 e. The molecule has 0 aliphatic carbocycles. The zero-order chi connectivity index (χ0) is 19.6. The highest BCUT2D eigenvalue weighted by molar-refractivity contribution is 9.10. The summed E-state index contributed by atoms with van der Waals surface area (Å²) in [6.07, 6.45) is 0.578. The number of amides is 2. The summed E-state index contributed by atoms with van der Waals surface area (Å²) in [7, 11) is 0. The number of para-hydroxylation sites is 1. The summed E-state index contributed by atoms with van der Waals surface area (Å²) in [5.41, 5.74) is 1.21. The minimum atomic E-state index is -0.536. The Kier molecular flexibility index (Phi) is 8.29. The van der Waals surface area contributed by atoms with Gasteiger partial charge in [0.25, 0.3) is 5.91 Å². The van der Waals surface area contributed by atoms with Crippen LogP contribution in [0.2, 0.25) is 5.02 Å². The van der Waals surface area contributed by atoms with E-state index in [0.717, 1.165) is 0 Å². The number of hydrogen-bond acceptors (Lipinski definition) is 4. The van der Waals surface area contributed by atoms with Gasteiger partial charge in [-0.1, -0.05) is 29.8 Å². The molecule has 0 spiro atoms. The molecule has 0 aliphatic rings. The lowest BCUT2D eigenvalue weighted by atomic mass is 10.2. The molecule has 0 saturated carbocycles. The number of esters is 1. The monoisotopic (exact) mass is 452 g/mol. The van der Waals surface area contributed by atoms with E-state index in [1.807, 2.05) is 18.2 Å². The van der Waals surface area contributed by atoms with E-state index < -0.39 is 18.5 Å². The van der Waals surface area contributed by atoms with E-state index in [-0.39, 0.29) is 18.7 Å². The van der Waals surface area contributed by atoms with Gasteiger partial charge in [-0.05, 0) is 52.7 Å². The van der Waals surface area contributed by atoms with Crippen LogP contribution in [0.25, 0.3) is 0 Å². The SMILES string of the molecule is O=C(CCCC(=O)OCC(=O)Nc1ccc(Br)c(Cl)c1)Nc1ccccc1. The molecule has 0 fully saturated rings. The number of hydrogen-bond donors (Lipinski definition) is 2. The highest BCUT2D eigenvalue weighted by atomic mass is 79.9. The van der Waals surface area contributed by atoms with Gasteiger partial charge in [0, 0.05) is 28.7 Å². The van der Waals surface area contributed by atoms with Gasteiger partial charge in [0.15, 0.2) is 6.61 Å². The van der Waals surface area contributed by atoms with Crippen LogP contribution in [-0.4, -0.2) is 24.4 Å². The van der Waals surface area contributed by atoms with Crippen molar-refractivity contribution in [1.29, 1.82) is 0 Å². The molecule has 0 saturated heterocycles. The Labute approximate surface area is 170 Å². The fourth-order valence-corrected chi connectivity index (χ4v) is 2.55. The van der Waals surface area contributed by atoms with Gasteiger partial charge in [0.2, 0.25) is 5.91 Å². The van der Waals surface area contributed by atoms with Crippen molar-refractivity contribution >= 4 is 56.7 Å². The number of carbonyl (C=O) groups is 3. The predicted molar refractivity (Wildman–Crippen MR) is 108 cm³/mol. The number of ether oxygens (including phenoxy) is 1. The fourth-order valence-electron chi connectivity index (χ4n) is 2.13. The minimum Gasteiger partial charge on any atom is -0.456 e. The van der Waals surface area contributed by atoms with Crippen LogP contribution in [0.5, 0.6) is 0 Å². The first kappa shape index (κ1) is 20.9. The number of nitrogens with one attached hydrogen (secondary N) is 2. The van der Waals surface area contributed by atoms with Gasteiger partial charge in [-0.3, -0.25) is 14.4 Å². The normalized spacial score (nSPS) is 10.1. The van der Waals surface area contributed by atoms with Crippen molar-refractivity contribution in [2.45, 2.75) is 19.3 Å². The van der Waals surface area contributed by atoms with Crippen LogP contribution in [0.3, 0.4) is 0 Å². The third kappa shape index (κ3) is 7.80. The third-order valence-corrected chi connectivity index (χ3v) is 4.64. The summed E-state index contributed by atoms with van der Waals surface area (Å²) < 4.78 is 5.62. The Bertz CT molecular complexity index is 815. The van der Waals surface area contributed by atoms with E-state index in [4.69, 9.17) is 16.3 Å². The molecule has 2 N–H and O–H groups in total. The average Bonchev–Trinajstić information content (AvgIpc) is 2.64. The van der Waals surface area contributed by atoms with E-state index in [1.165, 1.54) is 0 Å². The Morgan fingerprint density at radius 2 is 1.63 bits per heavy atom. The number of rotatable bonds is 8. The molecule has 6 nitrogen and oxygen atoms in total. The van der Waals surface area contributed by atoms with Gasteiger partial charge in [0.1, 0.15) is 0 Å². The van der Waals surface area contributed by atoms with Gasteiger partial charge in [-0.25, -0.2) is 0 Å². The molecule has 2 aromatic rings. The lowest BCUT2D eigenvalue weighted by molar-refractivity contribution is -0.147. The molecule has 8 heteroatoms. The molecule has 27 heavy (non-hydrogen) atoms. The Balaban J connectivity index is 1.63. The number of anilines is 2. The van der Waals surface area contributed by atoms with E-state index in [2.05, 4.69) is 26.6 Å². The van der Waals surface area contributed by atoms with Crippen LogP contribution in [-0.2, 0) is 19.1 Å². The average molecular weight is 454 g/mol. The number of carbonyl (C=O) groups excluding carboxylic acids is 3. The Morgan fingerprint density at radius 1 is 0.926 bits per heavy atom. The molecule has 0 radical (unpaired) electrons. The molecule has 0 heterocycles.